The minimum atomic E-state index is -3.14. The van der Waals surface area contributed by atoms with Crippen LogP contribution in [0.3, 0.4) is 0 Å². The van der Waals surface area contributed by atoms with Crippen molar-refractivity contribution in [2.45, 2.75) is 52.6 Å². The van der Waals surface area contributed by atoms with Crippen molar-refractivity contribution >= 4 is 17.4 Å². The zero-order valence-corrected chi connectivity index (χ0v) is 22.9. The first kappa shape index (κ1) is 29.8. The van der Waals surface area contributed by atoms with Crippen LogP contribution < -0.4 is 19.7 Å². The van der Waals surface area contributed by atoms with Gasteiger partial charge in [0, 0.05) is 19.5 Å². The third-order valence-electron chi connectivity index (χ3n) is 6.27. The van der Waals surface area contributed by atoms with Crippen LogP contribution in [0.15, 0.2) is 72.8 Å². The van der Waals surface area contributed by atoms with Crippen molar-refractivity contribution in [3.05, 3.63) is 78.4 Å². The Bertz CT molecular complexity index is 1220. The van der Waals surface area contributed by atoms with Gasteiger partial charge in [0.25, 0.3) is 5.91 Å². The molecule has 0 unspecified atom stereocenters. The second-order valence-electron chi connectivity index (χ2n) is 9.09. The minimum absolute atomic E-state index is 0.0529. The van der Waals surface area contributed by atoms with Gasteiger partial charge in [-0.1, -0.05) is 50.2 Å². The summed E-state index contributed by atoms with van der Waals surface area (Å²) in [6.07, 6.45) is 2.28. The first-order valence-corrected chi connectivity index (χ1v) is 13.2. The van der Waals surface area contributed by atoms with Crippen molar-refractivity contribution in [2.24, 2.45) is 0 Å². The highest BCUT2D eigenvalue weighted by Gasteiger charge is 2.28. The van der Waals surface area contributed by atoms with E-state index in [2.05, 4.69) is 5.32 Å². The number of rotatable bonds is 5. The smallest absolute Gasteiger partial charge is 0.302 e. The monoisotopic (exact) mass is 538 g/mol. The normalized spacial score (nSPS) is 15.0. The molecule has 0 bridgehead atoms. The molecule has 3 aromatic carbocycles. The number of alkyl halides is 2. The topological polar surface area (TPSA) is 67.9 Å². The SMILES string of the molecule is CC.CC(=O)C(C)(F)F.O=C1c2ccc(-c3ccccc3)cc2OCN1c1ccc(OC2CCNCC2)cc1. The van der Waals surface area contributed by atoms with E-state index in [0.29, 0.717) is 18.2 Å². The maximum absolute atomic E-state index is 13.1. The number of fused-ring (bicyclic) bond motifs is 1. The Labute approximate surface area is 228 Å². The Hall–Kier alpha value is -3.78. The predicted molar refractivity (Wildman–Crippen MR) is 150 cm³/mol. The highest BCUT2D eigenvalue weighted by Crippen LogP contribution is 2.33. The van der Waals surface area contributed by atoms with E-state index < -0.39 is 11.7 Å². The van der Waals surface area contributed by atoms with Crippen LogP contribution in [0.5, 0.6) is 11.5 Å². The zero-order chi connectivity index (χ0) is 28.4. The van der Waals surface area contributed by atoms with Gasteiger partial charge < -0.3 is 14.8 Å². The van der Waals surface area contributed by atoms with Crippen molar-refractivity contribution in [3.63, 3.8) is 0 Å². The second-order valence-corrected chi connectivity index (χ2v) is 9.09. The third-order valence-corrected chi connectivity index (χ3v) is 6.27. The molecule has 0 aromatic heterocycles. The first-order valence-electron chi connectivity index (χ1n) is 13.2. The fraction of sp³-hybridized carbons (Fsp3) is 0.355. The molecule has 8 heteroatoms. The number of Topliss-reactive ketones (excluding diaryl/α,β-unsaturated/α-hetero) is 1. The molecule has 2 aliphatic rings. The quantitative estimate of drug-likeness (QED) is 0.390. The molecule has 0 atom stereocenters. The number of ketones is 1. The average molecular weight is 539 g/mol. The number of nitrogens with one attached hydrogen (secondary N) is 1. The molecule has 2 heterocycles. The van der Waals surface area contributed by atoms with Crippen molar-refractivity contribution < 1.29 is 27.8 Å². The van der Waals surface area contributed by atoms with Crippen LogP contribution in [0.4, 0.5) is 14.5 Å². The molecule has 0 aliphatic carbocycles. The molecule has 0 spiro atoms. The summed E-state index contributed by atoms with van der Waals surface area (Å²) in [6.45, 7) is 7.62. The Morgan fingerprint density at radius 2 is 1.59 bits per heavy atom. The summed E-state index contributed by atoms with van der Waals surface area (Å²) >= 11 is 0. The van der Waals surface area contributed by atoms with E-state index in [9.17, 15) is 18.4 Å². The van der Waals surface area contributed by atoms with Gasteiger partial charge in [0.1, 0.15) is 17.6 Å². The van der Waals surface area contributed by atoms with E-state index in [4.69, 9.17) is 9.47 Å². The zero-order valence-electron chi connectivity index (χ0n) is 22.9. The van der Waals surface area contributed by atoms with Crippen LogP contribution >= 0.6 is 0 Å². The van der Waals surface area contributed by atoms with Gasteiger partial charge in [-0.15, -0.1) is 0 Å². The van der Waals surface area contributed by atoms with Crippen molar-refractivity contribution in [1.82, 2.24) is 5.32 Å². The van der Waals surface area contributed by atoms with E-state index in [1.165, 1.54) is 0 Å². The van der Waals surface area contributed by atoms with Gasteiger partial charge >= 0.3 is 5.92 Å². The maximum Gasteiger partial charge on any atom is 0.302 e. The van der Waals surface area contributed by atoms with E-state index >= 15 is 0 Å². The number of nitrogens with zero attached hydrogens (tertiary/aromatic N) is 1. The van der Waals surface area contributed by atoms with Crippen molar-refractivity contribution in [1.29, 1.82) is 0 Å². The van der Waals surface area contributed by atoms with Crippen LogP contribution in [0.2, 0.25) is 0 Å². The molecule has 208 valence electrons. The van der Waals surface area contributed by atoms with Crippen LogP contribution in [0.1, 0.15) is 50.9 Å². The number of hydrogen-bond acceptors (Lipinski definition) is 5. The largest absolute Gasteiger partial charge is 0.490 e. The number of amides is 1. The fourth-order valence-corrected chi connectivity index (χ4v) is 3.97. The molecule has 1 amide bonds. The number of benzene rings is 3. The number of anilines is 1. The molecule has 5 rings (SSSR count). The molecule has 1 fully saturated rings. The molecule has 1 saturated heterocycles. The molecule has 0 radical (unpaired) electrons. The molecule has 1 N–H and O–H groups in total. The van der Waals surface area contributed by atoms with E-state index in [-0.39, 0.29) is 18.7 Å². The van der Waals surface area contributed by atoms with Gasteiger partial charge in [0.05, 0.1) is 5.56 Å². The summed E-state index contributed by atoms with van der Waals surface area (Å²) in [5, 5.41) is 3.34. The van der Waals surface area contributed by atoms with Crippen molar-refractivity contribution in [2.75, 3.05) is 24.7 Å². The van der Waals surface area contributed by atoms with Gasteiger partial charge in [-0.2, -0.15) is 8.78 Å². The number of carbonyl (C=O) groups excluding carboxylic acids is 2. The Morgan fingerprint density at radius 1 is 0.974 bits per heavy atom. The number of piperidine rings is 1. The molecular weight excluding hydrogens is 502 g/mol. The second kappa shape index (κ2) is 13.8. The summed E-state index contributed by atoms with van der Waals surface area (Å²) in [5.74, 6) is -2.82. The molecule has 3 aromatic rings. The lowest BCUT2D eigenvalue weighted by atomic mass is 10.0. The van der Waals surface area contributed by atoms with Crippen molar-refractivity contribution in [3.8, 4) is 22.6 Å². The van der Waals surface area contributed by atoms with E-state index in [0.717, 1.165) is 55.4 Å². The van der Waals surface area contributed by atoms with Crippen LogP contribution in [0, 0.1) is 0 Å². The molecule has 6 nitrogen and oxygen atoms in total. The van der Waals surface area contributed by atoms with Gasteiger partial charge in [-0.3, -0.25) is 14.5 Å². The Kier molecular flexibility index (Phi) is 10.6. The lowest BCUT2D eigenvalue weighted by Crippen LogP contribution is -2.38. The summed E-state index contributed by atoms with van der Waals surface area (Å²) < 4.78 is 35.0. The number of carbonyl (C=O) groups is 2. The van der Waals surface area contributed by atoms with E-state index in [1.807, 2.05) is 86.6 Å². The fourth-order valence-electron chi connectivity index (χ4n) is 3.97. The van der Waals surface area contributed by atoms with Gasteiger partial charge in [-0.25, -0.2) is 0 Å². The van der Waals surface area contributed by atoms with Crippen LogP contribution in [-0.4, -0.2) is 43.5 Å². The lowest BCUT2D eigenvalue weighted by molar-refractivity contribution is -0.138. The lowest BCUT2D eigenvalue weighted by Gasteiger charge is -2.29. The molecule has 0 saturated carbocycles. The Morgan fingerprint density at radius 3 is 2.18 bits per heavy atom. The summed E-state index contributed by atoms with van der Waals surface area (Å²) in [6, 6.07) is 23.5. The predicted octanol–water partition coefficient (Wildman–Crippen LogP) is 6.74. The molecular formula is C31H36F2N2O4. The van der Waals surface area contributed by atoms with Gasteiger partial charge in [0.2, 0.25) is 0 Å². The summed E-state index contributed by atoms with van der Waals surface area (Å²) in [7, 11) is 0. The standard InChI is InChI=1S/C25H24N2O3.C4H6F2O.C2H6/c28-25-23-11-6-19(18-4-2-1-3-5-18)16-24(23)29-17-27(25)20-7-9-21(10-8-20)30-22-12-14-26-15-13-22;1-3(7)4(2,5)6;1-2/h1-11,16,22,26H,12-15,17H2;1-2H3;1-2H3. The highest BCUT2D eigenvalue weighted by molar-refractivity contribution is 6.09. The van der Waals surface area contributed by atoms with Crippen LogP contribution in [-0.2, 0) is 4.79 Å². The summed E-state index contributed by atoms with van der Waals surface area (Å²) in [4.78, 5) is 24.4. The minimum Gasteiger partial charge on any atom is -0.490 e. The van der Waals surface area contributed by atoms with Crippen LogP contribution in [0.25, 0.3) is 11.1 Å². The van der Waals surface area contributed by atoms with Gasteiger partial charge in [0.15, 0.2) is 12.5 Å². The van der Waals surface area contributed by atoms with E-state index in [1.54, 1.807) is 4.90 Å². The first-order chi connectivity index (χ1) is 18.7. The Balaban J connectivity index is 0.000000409. The average Bonchev–Trinajstić information content (AvgIpc) is 2.96. The summed E-state index contributed by atoms with van der Waals surface area (Å²) in [5.41, 5.74) is 3.52. The van der Waals surface area contributed by atoms with Gasteiger partial charge in [-0.05, 0) is 73.5 Å². The molecule has 2 aliphatic heterocycles. The molecule has 39 heavy (non-hydrogen) atoms. The number of halogens is 2. The number of ether oxygens (including phenoxy) is 2. The maximum atomic E-state index is 13.1. The third kappa shape index (κ3) is 8.10. The number of hydrogen-bond donors (Lipinski definition) is 1. The highest BCUT2D eigenvalue weighted by atomic mass is 19.3.